The van der Waals surface area contributed by atoms with Gasteiger partial charge >= 0.3 is 0 Å². The van der Waals surface area contributed by atoms with E-state index in [1.165, 1.54) is 0 Å². The molecule has 0 spiro atoms. The fraction of sp³-hybridized carbons (Fsp3) is 0.300. The van der Waals surface area contributed by atoms with E-state index in [0.717, 1.165) is 24.2 Å². The molecule has 0 saturated heterocycles. The van der Waals surface area contributed by atoms with Crippen LogP contribution in [0.2, 0.25) is 0 Å². The van der Waals surface area contributed by atoms with E-state index in [2.05, 4.69) is 15.5 Å². The molecule has 1 aliphatic carbocycles. The minimum Gasteiger partial charge on any atom is -0.325 e. The van der Waals surface area contributed by atoms with Crippen molar-refractivity contribution >= 4 is 17.2 Å². The molecular formula is C10H10N4O. The molecule has 1 amide bonds. The number of rotatable bonds is 2. The second-order valence-electron chi connectivity index (χ2n) is 3.78. The van der Waals surface area contributed by atoms with Crippen LogP contribution >= 0.6 is 0 Å². The van der Waals surface area contributed by atoms with Gasteiger partial charge in [-0.3, -0.25) is 9.20 Å². The Morgan fingerprint density at radius 2 is 2.33 bits per heavy atom. The van der Waals surface area contributed by atoms with Crippen molar-refractivity contribution in [2.75, 3.05) is 5.32 Å². The minimum absolute atomic E-state index is 0.113. The van der Waals surface area contributed by atoms with E-state index < -0.39 is 0 Å². The normalized spacial score (nSPS) is 15.5. The van der Waals surface area contributed by atoms with Crippen LogP contribution in [0.3, 0.4) is 0 Å². The largest absolute Gasteiger partial charge is 0.325 e. The number of hydrogen-bond acceptors (Lipinski definition) is 3. The van der Waals surface area contributed by atoms with Gasteiger partial charge in [0.05, 0.1) is 5.69 Å². The topological polar surface area (TPSA) is 59.3 Å². The molecule has 1 N–H and O–H groups in total. The van der Waals surface area contributed by atoms with Crippen LogP contribution in [0.25, 0.3) is 5.65 Å². The summed E-state index contributed by atoms with van der Waals surface area (Å²) in [6, 6.07) is 3.67. The fourth-order valence-electron chi connectivity index (χ4n) is 1.49. The van der Waals surface area contributed by atoms with Gasteiger partial charge in [0.2, 0.25) is 5.91 Å². The molecule has 2 aromatic rings. The van der Waals surface area contributed by atoms with E-state index in [9.17, 15) is 4.79 Å². The van der Waals surface area contributed by atoms with E-state index in [1.807, 2.05) is 18.3 Å². The Balaban J connectivity index is 1.86. The van der Waals surface area contributed by atoms with Crippen molar-refractivity contribution in [2.24, 2.45) is 5.92 Å². The average Bonchev–Trinajstić information content (AvgIpc) is 2.98. The molecule has 0 radical (unpaired) electrons. The molecular weight excluding hydrogens is 192 g/mol. The zero-order valence-corrected chi connectivity index (χ0v) is 8.05. The quantitative estimate of drug-likeness (QED) is 0.792. The Morgan fingerprint density at radius 3 is 3.13 bits per heavy atom. The van der Waals surface area contributed by atoms with Crippen molar-refractivity contribution in [3.63, 3.8) is 0 Å². The highest BCUT2D eigenvalue weighted by molar-refractivity contribution is 5.93. The zero-order valence-electron chi connectivity index (χ0n) is 8.05. The van der Waals surface area contributed by atoms with Crippen LogP contribution in [0.5, 0.6) is 0 Å². The Labute approximate surface area is 86.1 Å². The first-order chi connectivity index (χ1) is 7.33. The number of amides is 1. The molecule has 0 aliphatic heterocycles. The lowest BCUT2D eigenvalue weighted by Gasteiger charge is -2.03. The highest BCUT2D eigenvalue weighted by Gasteiger charge is 2.29. The molecule has 2 heterocycles. The second-order valence-corrected chi connectivity index (χ2v) is 3.78. The first-order valence-electron chi connectivity index (χ1n) is 4.93. The molecule has 1 saturated carbocycles. The summed E-state index contributed by atoms with van der Waals surface area (Å²) >= 11 is 0. The van der Waals surface area contributed by atoms with Crippen molar-refractivity contribution in [2.45, 2.75) is 12.8 Å². The van der Waals surface area contributed by atoms with Gasteiger partial charge < -0.3 is 5.32 Å². The predicted molar refractivity (Wildman–Crippen MR) is 54.3 cm³/mol. The Morgan fingerprint density at radius 1 is 1.47 bits per heavy atom. The Hall–Kier alpha value is -1.91. The lowest BCUT2D eigenvalue weighted by molar-refractivity contribution is -0.117. The van der Waals surface area contributed by atoms with Gasteiger partial charge in [-0.1, -0.05) is 0 Å². The van der Waals surface area contributed by atoms with E-state index in [1.54, 1.807) is 10.7 Å². The number of nitrogens with zero attached hydrogens (tertiary/aromatic N) is 3. The van der Waals surface area contributed by atoms with Crippen molar-refractivity contribution in [1.82, 2.24) is 14.6 Å². The summed E-state index contributed by atoms with van der Waals surface area (Å²) in [6.07, 6.45) is 5.46. The molecule has 3 rings (SSSR count). The lowest BCUT2D eigenvalue weighted by Crippen LogP contribution is -2.13. The third-order valence-corrected chi connectivity index (χ3v) is 2.51. The molecule has 0 bridgehead atoms. The summed E-state index contributed by atoms with van der Waals surface area (Å²) in [7, 11) is 0. The van der Waals surface area contributed by atoms with Gasteiger partial charge in [0, 0.05) is 12.1 Å². The first kappa shape index (κ1) is 8.40. The molecule has 76 valence electrons. The number of aromatic nitrogens is 3. The smallest absolute Gasteiger partial charge is 0.227 e. The van der Waals surface area contributed by atoms with Crippen LogP contribution in [0.1, 0.15) is 12.8 Å². The molecule has 5 nitrogen and oxygen atoms in total. The SMILES string of the molecule is O=C(Nc1ccc2nncn2c1)C1CC1. The third-order valence-electron chi connectivity index (χ3n) is 2.51. The summed E-state index contributed by atoms with van der Waals surface area (Å²) < 4.78 is 1.78. The number of fused-ring (bicyclic) bond motifs is 1. The third kappa shape index (κ3) is 1.56. The van der Waals surface area contributed by atoms with Gasteiger partial charge in [-0.2, -0.15) is 0 Å². The molecule has 1 fully saturated rings. The second kappa shape index (κ2) is 3.05. The summed E-state index contributed by atoms with van der Waals surface area (Å²) in [5, 5.41) is 10.5. The first-order valence-corrected chi connectivity index (χ1v) is 4.93. The van der Waals surface area contributed by atoms with Crippen LogP contribution in [0.15, 0.2) is 24.7 Å². The van der Waals surface area contributed by atoms with Crippen LogP contribution < -0.4 is 5.32 Å². The summed E-state index contributed by atoms with van der Waals surface area (Å²) in [4.78, 5) is 11.5. The van der Waals surface area contributed by atoms with Crippen LogP contribution in [0, 0.1) is 5.92 Å². The standard InChI is InChI=1S/C10H10N4O/c15-10(7-1-2-7)12-8-3-4-9-13-11-6-14(9)5-8/h3-7H,1-2H2,(H,12,15). The number of hydrogen-bond donors (Lipinski definition) is 1. The van der Waals surface area contributed by atoms with Crippen LogP contribution in [0.4, 0.5) is 5.69 Å². The minimum atomic E-state index is 0.113. The van der Waals surface area contributed by atoms with E-state index in [0.29, 0.717) is 0 Å². The lowest BCUT2D eigenvalue weighted by atomic mass is 10.3. The fourth-order valence-corrected chi connectivity index (χ4v) is 1.49. The van der Waals surface area contributed by atoms with Gasteiger partial charge in [-0.25, -0.2) is 0 Å². The molecule has 0 atom stereocenters. The Kier molecular flexibility index (Phi) is 1.71. The zero-order chi connectivity index (χ0) is 10.3. The number of pyridine rings is 1. The maximum Gasteiger partial charge on any atom is 0.227 e. The maximum absolute atomic E-state index is 11.5. The predicted octanol–water partition coefficient (Wildman–Crippen LogP) is 1.08. The average molecular weight is 202 g/mol. The van der Waals surface area contributed by atoms with Gasteiger partial charge in [0.25, 0.3) is 0 Å². The van der Waals surface area contributed by atoms with Gasteiger partial charge in [0.15, 0.2) is 5.65 Å². The van der Waals surface area contributed by atoms with Gasteiger partial charge in [-0.05, 0) is 25.0 Å². The Bertz CT molecular complexity index is 515. The van der Waals surface area contributed by atoms with Crippen molar-refractivity contribution < 1.29 is 4.79 Å². The summed E-state index contributed by atoms with van der Waals surface area (Å²) in [6.45, 7) is 0. The van der Waals surface area contributed by atoms with Gasteiger partial charge in [0.1, 0.15) is 6.33 Å². The highest BCUT2D eigenvalue weighted by Crippen LogP contribution is 2.30. The molecule has 2 aromatic heterocycles. The van der Waals surface area contributed by atoms with Gasteiger partial charge in [-0.15, -0.1) is 10.2 Å². The summed E-state index contributed by atoms with van der Waals surface area (Å²) in [5.74, 6) is 0.337. The number of carbonyl (C=O) groups is 1. The molecule has 0 aromatic carbocycles. The molecule has 5 heteroatoms. The number of anilines is 1. The van der Waals surface area contributed by atoms with Crippen LogP contribution in [-0.4, -0.2) is 20.5 Å². The van der Waals surface area contributed by atoms with Crippen molar-refractivity contribution in [1.29, 1.82) is 0 Å². The van der Waals surface area contributed by atoms with Crippen LogP contribution in [-0.2, 0) is 4.79 Å². The van der Waals surface area contributed by atoms with Crippen molar-refractivity contribution in [3.05, 3.63) is 24.7 Å². The number of nitrogens with one attached hydrogen (secondary N) is 1. The maximum atomic E-state index is 11.5. The molecule has 1 aliphatic rings. The highest BCUT2D eigenvalue weighted by atomic mass is 16.2. The number of carbonyl (C=O) groups excluding carboxylic acids is 1. The van der Waals surface area contributed by atoms with E-state index >= 15 is 0 Å². The van der Waals surface area contributed by atoms with Crippen molar-refractivity contribution in [3.8, 4) is 0 Å². The van der Waals surface area contributed by atoms with E-state index in [-0.39, 0.29) is 11.8 Å². The molecule has 15 heavy (non-hydrogen) atoms. The summed E-state index contributed by atoms with van der Waals surface area (Å²) in [5.41, 5.74) is 1.57. The van der Waals surface area contributed by atoms with E-state index in [4.69, 9.17) is 0 Å². The monoisotopic (exact) mass is 202 g/mol. The molecule has 0 unspecified atom stereocenters.